The summed E-state index contributed by atoms with van der Waals surface area (Å²) in [6.45, 7) is 5.58. The van der Waals surface area contributed by atoms with E-state index in [0.717, 1.165) is 61.7 Å². The van der Waals surface area contributed by atoms with Gasteiger partial charge in [-0.25, -0.2) is 13.8 Å². The summed E-state index contributed by atoms with van der Waals surface area (Å²) in [7, 11) is 0. The van der Waals surface area contributed by atoms with E-state index in [4.69, 9.17) is 5.73 Å². The maximum atomic E-state index is 14.0. The molecule has 2 aromatic rings. The van der Waals surface area contributed by atoms with E-state index in [2.05, 4.69) is 19.5 Å². The molecule has 0 bridgehead atoms. The van der Waals surface area contributed by atoms with Gasteiger partial charge in [0.2, 0.25) is 5.78 Å². The number of halogens is 2. The molecule has 31 heavy (non-hydrogen) atoms. The van der Waals surface area contributed by atoms with Crippen LogP contribution in [0.2, 0.25) is 0 Å². The van der Waals surface area contributed by atoms with Crippen LogP contribution in [0.25, 0.3) is 0 Å². The molecule has 0 radical (unpaired) electrons. The normalized spacial score (nSPS) is 18.5. The molecular weight excluding hydrogens is 440 g/mol. The van der Waals surface area contributed by atoms with Crippen LogP contribution in [-0.4, -0.2) is 64.5 Å². The largest absolute Gasteiger partial charge is 0.382 e. The van der Waals surface area contributed by atoms with Crippen LogP contribution in [0.1, 0.15) is 40.9 Å². The third kappa shape index (κ3) is 5.54. The molecule has 0 aliphatic carbocycles. The minimum atomic E-state index is -0.901. The fourth-order valence-corrected chi connectivity index (χ4v) is 5.97. The van der Waals surface area contributed by atoms with Crippen LogP contribution >= 0.6 is 23.3 Å². The van der Waals surface area contributed by atoms with Gasteiger partial charge in [-0.3, -0.25) is 9.10 Å². The molecule has 0 saturated carbocycles. The van der Waals surface area contributed by atoms with Crippen LogP contribution in [0.4, 0.5) is 19.7 Å². The van der Waals surface area contributed by atoms with Crippen molar-refractivity contribution in [1.82, 2.24) is 14.2 Å². The van der Waals surface area contributed by atoms with Gasteiger partial charge in [-0.15, -0.1) is 0 Å². The van der Waals surface area contributed by atoms with Gasteiger partial charge < -0.3 is 16.0 Å². The van der Waals surface area contributed by atoms with E-state index >= 15 is 0 Å². The lowest BCUT2D eigenvalue weighted by molar-refractivity contribution is 0.103. The van der Waals surface area contributed by atoms with Crippen LogP contribution < -0.4 is 11.1 Å². The Balaban J connectivity index is 1.28. The summed E-state index contributed by atoms with van der Waals surface area (Å²) in [6, 6.07) is 3.57. The highest BCUT2D eigenvalue weighted by molar-refractivity contribution is 7.97. The third-order valence-corrected chi connectivity index (χ3v) is 7.81. The highest BCUT2D eigenvalue weighted by atomic mass is 32.2. The molecule has 2 fully saturated rings. The highest BCUT2D eigenvalue weighted by Crippen LogP contribution is 2.31. The number of benzene rings is 1. The molecule has 0 amide bonds. The van der Waals surface area contributed by atoms with Gasteiger partial charge in [0.25, 0.3) is 0 Å². The molecule has 3 N–H and O–H groups in total. The smallest absolute Gasteiger partial charge is 0.212 e. The number of likely N-dealkylation sites (tertiary alicyclic amines) is 1. The van der Waals surface area contributed by atoms with E-state index in [1.807, 2.05) is 11.9 Å². The van der Waals surface area contributed by atoms with Gasteiger partial charge in [-0.1, -0.05) is 29.4 Å². The van der Waals surface area contributed by atoms with E-state index in [1.54, 1.807) is 0 Å². The molecule has 6 nitrogen and oxygen atoms in total. The van der Waals surface area contributed by atoms with Crippen molar-refractivity contribution in [2.75, 3.05) is 49.5 Å². The number of piperidine rings is 1. The molecule has 1 aromatic heterocycles. The number of anilines is 2. The minimum Gasteiger partial charge on any atom is -0.382 e. The highest BCUT2D eigenvalue weighted by Gasteiger charge is 2.26. The van der Waals surface area contributed by atoms with Crippen molar-refractivity contribution in [3.8, 4) is 0 Å². The van der Waals surface area contributed by atoms with Crippen LogP contribution in [-0.2, 0) is 0 Å². The first-order valence-electron chi connectivity index (χ1n) is 10.6. The summed E-state index contributed by atoms with van der Waals surface area (Å²) in [6.07, 6.45) is 4.57. The molecule has 0 unspecified atom stereocenters. The van der Waals surface area contributed by atoms with Crippen LogP contribution in [0, 0.1) is 11.6 Å². The standard InChI is InChI=1S/C21H27F2N5OS2/c22-15-4-3-5-16(23)17(15)18(29)19-20(24)26-21(31-19)25-14-6-10-28(11-7-14)30-13-12-27-8-1-2-9-27/h3-5,14H,1-2,6-13,24H2,(H,25,26). The summed E-state index contributed by atoms with van der Waals surface area (Å²) in [4.78, 5) is 19.4. The number of rotatable bonds is 8. The lowest BCUT2D eigenvalue weighted by Crippen LogP contribution is -2.36. The molecule has 3 heterocycles. The Labute approximate surface area is 189 Å². The zero-order chi connectivity index (χ0) is 21.8. The molecule has 0 spiro atoms. The van der Waals surface area contributed by atoms with E-state index in [-0.39, 0.29) is 16.7 Å². The Bertz CT molecular complexity index is 891. The molecule has 2 aliphatic heterocycles. The number of hydrogen-bond acceptors (Lipinski definition) is 8. The van der Waals surface area contributed by atoms with E-state index < -0.39 is 23.0 Å². The second-order valence-electron chi connectivity index (χ2n) is 7.89. The monoisotopic (exact) mass is 467 g/mol. The summed E-state index contributed by atoms with van der Waals surface area (Å²) in [5.41, 5.74) is 5.30. The second-order valence-corrected chi connectivity index (χ2v) is 10.1. The first-order chi connectivity index (χ1) is 15.0. The SMILES string of the molecule is Nc1nc(NC2CCN(SCCN3CCCC3)CC2)sc1C(=O)c1c(F)cccc1F. The lowest BCUT2D eigenvalue weighted by atomic mass is 10.1. The zero-order valence-electron chi connectivity index (χ0n) is 17.3. The van der Waals surface area contributed by atoms with Crippen LogP contribution in [0.5, 0.6) is 0 Å². The molecular formula is C21H27F2N5OS2. The van der Waals surface area contributed by atoms with Crippen molar-refractivity contribution in [3.05, 3.63) is 40.3 Å². The molecule has 4 rings (SSSR count). The molecule has 0 atom stereocenters. The number of nitrogen functional groups attached to an aromatic ring is 1. The van der Waals surface area contributed by atoms with E-state index in [1.165, 1.54) is 32.0 Å². The maximum Gasteiger partial charge on any atom is 0.212 e. The Morgan fingerprint density at radius 3 is 2.55 bits per heavy atom. The van der Waals surface area contributed by atoms with Gasteiger partial charge in [0.15, 0.2) is 5.13 Å². The van der Waals surface area contributed by atoms with Crippen molar-refractivity contribution in [1.29, 1.82) is 0 Å². The first-order valence-corrected chi connectivity index (χ1v) is 12.4. The van der Waals surface area contributed by atoms with Crippen LogP contribution in [0.15, 0.2) is 18.2 Å². The van der Waals surface area contributed by atoms with Crippen molar-refractivity contribution < 1.29 is 13.6 Å². The number of carbonyl (C=O) groups excluding carboxylic acids is 1. The van der Waals surface area contributed by atoms with Crippen LogP contribution in [0.3, 0.4) is 0 Å². The predicted molar refractivity (Wildman–Crippen MR) is 123 cm³/mol. The molecule has 168 valence electrons. The average Bonchev–Trinajstić information content (AvgIpc) is 3.39. The van der Waals surface area contributed by atoms with Crippen molar-refractivity contribution in [3.63, 3.8) is 0 Å². The number of ketones is 1. The van der Waals surface area contributed by atoms with Gasteiger partial charge in [0, 0.05) is 31.4 Å². The van der Waals surface area contributed by atoms with Crippen molar-refractivity contribution in [2.24, 2.45) is 0 Å². The Kier molecular flexibility index (Phi) is 7.42. The van der Waals surface area contributed by atoms with Gasteiger partial charge in [-0.2, -0.15) is 0 Å². The third-order valence-electron chi connectivity index (χ3n) is 5.71. The van der Waals surface area contributed by atoms with E-state index in [0.29, 0.717) is 5.13 Å². The number of nitrogens with two attached hydrogens (primary N) is 1. The summed E-state index contributed by atoms with van der Waals surface area (Å²) < 4.78 is 30.4. The fraction of sp³-hybridized carbons (Fsp3) is 0.524. The van der Waals surface area contributed by atoms with Crippen molar-refractivity contribution >= 4 is 40.0 Å². The molecule has 2 saturated heterocycles. The Morgan fingerprint density at radius 2 is 1.87 bits per heavy atom. The molecule has 1 aromatic carbocycles. The minimum absolute atomic E-state index is 0.00458. The van der Waals surface area contributed by atoms with Crippen molar-refractivity contribution in [2.45, 2.75) is 31.7 Å². The fourth-order valence-electron chi connectivity index (χ4n) is 3.99. The predicted octanol–water partition coefficient (Wildman–Crippen LogP) is 3.85. The summed E-state index contributed by atoms with van der Waals surface area (Å²) in [5, 5.41) is 3.85. The van der Waals surface area contributed by atoms with Gasteiger partial charge in [0.1, 0.15) is 22.3 Å². The lowest BCUT2D eigenvalue weighted by Gasteiger charge is -2.31. The summed E-state index contributed by atoms with van der Waals surface area (Å²) in [5.74, 6) is -1.46. The van der Waals surface area contributed by atoms with E-state index in [9.17, 15) is 13.6 Å². The number of thiazole rings is 1. The van der Waals surface area contributed by atoms with Gasteiger partial charge in [-0.05, 0) is 50.9 Å². The number of carbonyl (C=O) groups is 1. The molecule has 10 heteroatoms. The molecule has 2 aliphatic rings. The quantitative estimate of drug-likeness (QED) is 0.451. The number of hydrogen-bond donors (Lipinski definition) is 2. The first kappa shape index (κ1) is 22.4. The Morgan fingerprint density at radius 1 is 1.19 bits per heavy atom. The Hall–Kier alpha value is -1.75. The number of nitrogens with one attached hydrogen (secondary N) is 1. The summed E-state index contributed by atoms with van der Waals surface area (Å²) >= 11 is 2.97. The average molecular weight is 468 g/mol. The topological polar surface area (TPSA) is 74.5 Å². The second kappa shape index (κ2) is 10.2. The number of aromatic nitrogens is 1. The zero-order valence-corrected chi connectivity index (χ0v) is 18.9. The maximum absolute atomic E-state index is 14.0. The van der Waals surface area contributed by atoms with Gasteiger partial charge >= 0.3 is 0 Å². The number of nitrogens with zero attached hydrogens (tertiary/aromatic N) is 3. The van der Waals surface area contributed by atoms with Gasteiger partial charge in [0.05, 0.1) is 5.56 Å².